The standard InChI is InChI=1S/C14H16BrN3O2S/c1-10-7-12(15)13(16)8-14(10)21(19,20)18-6-4-11-3-2-5-17-9-11/h2-3,5,7-9,18H,4,6,16H2,1H3. The summed E-state index contributed by atoms with van der Waals surface area (Å²) in [6, 6.07) is 6.89. The first-order valence-electron chi connectivity index (χ1n) is 6.34. The molecule has 0 bridgehead atoms. The number of aryl methyl sites for hydroxylation is 1. The van der Waals surface area contributed by atoms with E-state index in [0.717, 1.165) is 5.56 Å². The van der Waals surface area contributed by atoms with E-state index in [1.807, 2.05) is 12.1 Å². The first kappa shape index (κ1) is 15.9. The molecule has 21 heavy (non-hydrogen) atoms. The maximum absolute atomic E-state index is 12.3. The minimum absolute atomic E-state index is 0.203. The number of halogens is 1. The normalized spacial score (nSPS) is 11.5. The Balaban J connectivity index is 2.10. The Kier molecular flexibility index (Phi) is 4.97. The van der Waals surface area contributed by atoms with Gasteiger partial charge in [-0.3, -0.25) is 4.98 Å². The Hall–Kier alpha value is -1.44. The van der Waals surface area contributed by atoms with Crippen LogP contribution in [0.1, 0.15) is 11.1 Å². The summed E-state index contributed by atoms with van der Waals surface area (Å²) in [7, 11) is -3.57. The van der Waals surface area contributed by atoms with E-state index in [1.165, 1.54) is 6.07 Å². The lowest BCUT2D eigenvalue weighted by atomic mass is 10.2. The van der Waals surface area contributed by atoms with Gasteiger partial charge in [0.05, 0.1) is 4.90 Å². The molecule has 0 aliphatic heterocycles. The monoisotopic (exact) mass is 369 g/mol. The van der Waals surface area contributed by atoms with Gasteiger partial charge >= 0.3 is 0 Å². The number of benzene rings is 1. The number of aromatic nitrogens is 1. The molecule has 0 amide bonds. The van der Waals surface area contributed by atoms with E-state index in [9.17, 15) is 8.42 Å². The number of nitrogens with one attached hydrogen (secondary N) is 1. The molecule has 0 radical (unpaired) electrons. The average molecular weight is 370 g/mol. The number of rotatable bonds is 5. The fraction of sp³-hybridized carbons (Fsp3) is 0.214. The van der Waals surface area contributed by atoms with Crippen LogP contribution in [0.2, 0.25) is 0 Å². The second kappa shape index (κ2) is 6.55. The van der Waals surface area contributed by atoms with Gasteiger partial charge in [0.1, 0.15) is 0 Å². The summed E-state index contributed by atoms with van der Waals surface area (Å²) in [6.07, 6.45) is 3.98. The first-order chi connectivity index (χ1) is 9.90. The fourth-order valence-corrected chi connectivity index (χ4v) is 3.66. The van der Waals surface area contributed by atoms with Crippen molar-refractivity contribution in [2.75, 3.05) is 12.3 Å². The molecule has 0 aliphatic carbocycles. The van der Waals surface area contributed by atoms with Crippen LogP contribution in [-0.2, 0) is 16.4 Å². The summed E-state index contributed by atoms with van der Waals surface area (Å²) in [5, 5.41) is 0. The number of hydrogen-bond acceptors (Lipinski definition) is 4. The fourth-order valence-electron chi connectivity index (χ4n) is 1.91. The van der Waals surface area contributed by atoms with Crippen molar-refractivity contribution in [2.45, 2.75) is 18.2 Å². The lowest BCUT2D eigenvalue weighted by Gasteiger charge is -2.11. The predicted octanol–water partition coefficient (Wildman–Crippen LogP) is 2.26. The molecular formula is C14H16BrN3O2S. The zero-order valence-corrected chi connectivity index (χ0v) is 13.9. The van der Waals surface area contributed by atoms with Crippen LogP contribution in [-0.4, -0.2) is 19.9 Å². The molecule has 1 aromatic heterocycles. The van der Waals surface area contributed by atoms with Crippen LogP contribution in [0.4, 0.5) is 5.69 Å². The molecule has 7 heteroatoms. The first-order valence-corrected chi connectivity index (χ1v) is 8.62. The van der Waals surface area contributed by atoms with Crippen LogP contribution in [0, 0.1) is 6.92 Å². The van der Waals surface area contributed by atoms with Crippen LogP contribution < -0.4 is 10.5 Å². The van der Waals surface area contributed by atoms with E-state index in [2.05, 4.69) is 25.6 Å². The van der Waals surface area contributed by atoms with Gasteiger partial charge in [-0.25, -0.2) is 13.1 Å². The average Bonchev–Trinajstić information content (AvgIpc) is 2.43. The Labute approximate surface area is 132 Å². The summed E-state index contributed by atoms with van der Waals surface area (Å²) in [4.78, 5) is 4.20. The second-order valence-electron chi connectivity index (χ2n) is 4.65. The van der Waals surface area contributed by atoms with Gasteiger partial charge in [0.15, 0.2) is 0 Å². The maximum atomic E-state index is 12.3. The van der Waals surface area contributed by atoms with Crippen molar-refractivity contribution in [1.29, 1.82) is 0 Å². The molecular weight excluding hydrogens is 354 g/mol. The number of anilines is 1. The SMILES string of the molecule is Cc1cc(Br)c(N)cc1S(=O)(=O)NCCc1cccnc1. The number of sulfonamides is 1. The molecule has 0 atom stereocenters. The molecule has 0 unspecified atom stereocenters. The number of nitrogen functional groups attached to an aromatic ring is 1. The third-order valence-corrected chi connectivity index (χ3v) is 5.30. The molecule has 2 aromatic rings. The summed E-state index contributed by atoms with van der Waals surface area (Å²) < 4.78 is 27.9. The van der Waals surface area contributed by atoms with Crippen LogP contribution in [0.3, 0.4) is 0 Å². The zero-order chi connectivity index (χ0) is 15.5. The van der Waals surface area contributed by atoms with E-state index in [0.29, 0.717) is 28.7 Å². The van der Waals surface area contributed by atoms with Gasteiger partial charge in [-0.2, -0.15) is 0 Å². The van der Waals surface area contributed by atoms with Crippen LogP contribution in [0.5, 0.6) is 0 Å². The summed E-state index contributed by atoms with van der Waals surface area (Å²) in [5.74, 6) is 0. The Morgan fingerprint density at radius 2 is 2.14 bits per heavy atom. The van der Waals surface area contributed by atoms with Crippen molar-refractivity contribution >= 4 is 31.6 Å². The van der Waals surface area contributed by atoms with E-state index >= 15 is 0 Å². The molecule has 112 valence electrons. The van der Waals surface area contributed by atoms with Crippen molar-refractivity contribution in [1.82, 2.24) is 9.71 Å². The third-order valence-electron chi connectivity index (χ3n) is 3.01. The highest BCUT2D eigenvalue weighted by atomic mass is 79.9. The topological polar surface area (TPSA) is 85.1 Å². The van der Waals surface area contributed by atoms with Crippen molar-refractivity contribution in [3.8, 4) is 0 Å². The largest absolute Gasteiger partial charge is 0.398 e. The highest BCUT2D eigenvalue weighted by molar-refractivity contribution is 9.10. The predicted molar refractivity (Wildman–Crippen MR) is 86.4 cm³/mol. The van der Waals surface area contributed by atoms with Gasteiger partial charge < -0.3 is 5.73 Å². The molecule has 0 saturated carbocycles. The molecule has 2 rings (SSSR count). The maximum Gasteiger partial charge on any atom is 0.240 e. The Morgan fingerprint density at radius 3 is 2.81 bits per heavy atom. The number of nitrogens with two attached hydrogens (primary N) is 1. The van der Waals surface area contributed by atoms with Crippen LogP contribution in [0.25, 0.3) is 0 Å². The lowest BCUT2D eigenvalue weighted by Crippen LogP contribution is -2.26. The third kappa shape index (κ3) is 4.03. The molecule has 0 spiro atoms. The van der Waals surface area contributed by atoms with Crippen molar-refractivity contribution < 1.29 is 8.42 Å². The minimum atomic E-state index is -3.57. The molecule has 0 fully saturated rings. The number of pyridine rings is 1. The number of hydrogen-bond donors (Lipinski definition) is 2. The summed E-state index contributed by atoms with van der Waals surface area (Å²) in [5.41, 5.74) is 7.78. The molecule has 1 aromatic carbocycles. The van der Waals surface area contributed by atoms with Gasteiger partial charge in [0.2, 0.25) is 10.0 Å². The zero-order valence-electron chi connectivity index (χ0n) is 11.5. The van der Waals surface area contributed by atoms with E-state index in [-0.39, 0.29) is 4.90 Å². The summed E-state index contributed by atoms with van der Waals surface area (Å²) in [6.45, 7) is 2.04. The molecule has 0 saturated heterocycles. The van der Waals surface area contributed by atoms with E-state index < -0.39 is 10.0 Å². The Bertz CT molecular complexity index is 733. The van der Waals surface area contributed by atoms with Gasteiger partial charge in [-0.15, -0.1) is 0 Å². The van der Waals surface area contributed by atoms with Gasteiger partial charge in [-0.1, -0.05) is 6.07 Å². The quantitative estimate of drug-likeness (QED) is 0.791. The minimum Gasteiger partial charge on any atom is -0.398 e. The van der Waals surface area contributed by atoms with E-state index in [4.69, 9.17) is 5.73 Å². The van der Waals surface area contributed by atoms with Crippen molar-refractivity contribution in [3.05, 3.63) is 52.3 Å². The Morgan fingerprint density at radius 1 is 1.38 bits per heavy atom. The molecule has 0 aliphatic rings. The van der Waals surface area contributed by atoms with Crippen LogP contribution in [0.15, 0.2) is 46.0 Å². The smallest absolute Gasteiger partial charge is 0.240 e. The lowest BCUT2D eigenvalue weighted by molar-refractivity contribution is 0.581. The highest BCUT2D eigenvalue weighted by Crippen LogP contribution is 2.26. The molecule has 5 nitrogen and oxygen atoms in total. The van der Waals surface area contributed by atoms with Gasteiger partial charge in [-0.05, 0) is 58.6 Å². The second-order valence-corrected chi connectivity index (χ2v) is 7.24. The van der Waals surface area contributed by atoms with Crippen LogP contribution >= 0.6 is 15.9 Å². The number of nitrogens with zero attached hydrogens (tertiary/aromatic N) is 1. The van der Waals surface area contributed by atoms with E-state index in [1.54, 1.807) is 25.4 Å². The van der Waals surface area contributed by atoms with Gasteiger partial charge in [0, 0.05) is 29.1 Å². The van der Waals surface area contributed by atoms with Gasteiger partial charge in [0.25, 0.3) is 0 Å². The van der Waals surface area contributed by atoms with Crippen molar-refractivity contribution in [3.63, 3.8) is 0 Å². The molecule has 1 heterocycles. The summed E-state index contributed by atoms with van der Waals surface area (Å²) >= 11 is 3.28. The highest BCUT2D eigenvalue weighted by Gasteiger charge is 2.17. The molecule has 3 N–H and O–H groups in total. The van der Waals surface area contributed by atoms with Crippen molar-refractivity contribution in [2.24, 2.45) is 0 Å².